The minimum Gasteiger partial charge on any atom is -0.369 e. The highest BCUT2D eigenvalue weighted by Gasteiger charge is 2.18. The maximum atomic E-state index is 11.7. The molecule has 1 aromatic carbocycles. The van der Waals surface area contributed by atoms with Gasteiger partial charge in [-0.25, -0.2) is 0 Å². The number of piperazine rings is 1. The molecule has 1 saturated heterocycles. The molecule has 4 nitrogen and oxygen atoms in total. The molecule has 0 atom stereocenters. The van der Waals surface area contributed by atoms with Crippen molar-refractivity contribution in [3.63, 3.8) is 0 Å². The van der Waals surface area contributed by atoms with Crippen LogP contribution in [-0.4, -0.2) is 61.4 Å². The second kappa shape index (κ2) is 9.35. The minimum absolute atomic E-state index is 0.142. The maximum absolute atomic E-state index is 11.7. The van der Waals surface area contributed by atoms with Crippen molar-refractivity contribution in [2.75, 3.05) is 44.7 Å². The van der Waals surface area contributed by atoms with Crippen LogP contribution >= 0.6 is 0 Å². The van der Waals surface area contributed by atoms with E-state index in [1.165, 1.54) is 11.3 Å². The van der Waals surface area contributed by atoms with Crippen molar-refractivity contribution >= 4 is 11.5 Å². The lowest BCUT2D eigenvalue weighted by molar-refractivity contribution is -0.122. The van der Waals surface area contributed by atoms with Crippen LogP contribution < -0.4 is 4.90 Å². The van der Waals surface area contributed by atoms with Crippen LogP contribution in [-0.2, 0) is 11.3 Å². The lowest BCUT2D eigenvalue weighted by Gasteiger charge is -2.38. The summed E-state index contributed by atoms with van der Waals surface area (Å²) in [6, 6.07) is 9.58. The van der Waals surface area contributed by atoms with Crippen LogP contribution in [0.4, 0.5) is 5.69 Å². The lowest BCUT2D eigenvalue weighted by atomic mass is 10.1. The Morgan fingerprint density at radius 2 is 1.64 bits per heavy atom. The number of Topliss-reactive ketones (excluding diaryl/α,β-unsaturated/α-hetero) is 1. The number of nitrogens with zero attached hydrogens (tertiary/aromatic N) is 3. The van der Waals surface area contributed by atoms with Crippen molar-refractivity contribution in [2.45, 2.75) is 46.7 Å². The molecule has 0 N–H and O–H groups in total. The fourth-order valence-corrected chi connectivity index (χ4v) is 3.29. The summed E-state index contributed by atoms with van der Waals surface area (Å²) in [7, 11) is 2.09. The number of carbonyl (C=O) groups excluding carboxylic acids is 1. The third kappa shape index (κ3) is 6.12. The Hall–Kier alpha value is -1.39. The van der Waals surface area contributed by atoms with Crippen LogP contribution in [0.3, 0.4) is 0 Å². The van der Waals surface area contributed by atoms with Gasteiger partial charge in [0.1, 0.15) is 5.78 Å². The molecule has 2 rings (SSSR count). The number of anilines is 1. The zero-order valence-corrected chi connectivity index (χ0v) is 16.7. The summed E-state index contributed by atoms with van der Waals surface area (Å²) in [5.74, 6) is 0.492. The highest BCUT2D eigenvalue weighted by molar-refractivity contribution is 5.80. The highest BCUT2D eigenvalue weighted by atomic mass is 16.1. The first-order chi connectivity index (χ1) is 11.9. The van der Waals surface area contributed by atoms with Gasteiger partial charge in [-0.15, -0.1) is 0 Å². The van der Waals surface area contributed by atoms with E-state index in [4.69, 9.17) is 0 Å². The maximum Gasteiger partial charge on any atom is 0.136 e. The smallest absolute Gasteiger partial charge is 0.136 e. The Morgan fingerprint density at radius 1 is 1.04 bits per heavy atom. The van der Waals surface area contributed by atoms with E-state index < -0.39 is 0 Å². The Bertz CT molecular complexity index is 531. The summed E-state index contributed by atoms with van der Waals surface area (Å²) < 4.78 is 0. The normalized spacial score (nSPS) is 16.2. The first-order valence-corrected chi connectivity index (χ1v) is 9.66. The Kier molecular flexibility index (Phi) is 7.45. The van der Waals surface area contributed by atoms with Crippen LogP contribution in [0.25, 0.3) is 0 Å². The largest absolute Gasteiger partial charge is 0.369 e. The predicted molar refractivity (Wildman–Crippen MR) is 106 cm³/mol. The van der Waals surface area contributed by atoms with Gasteiger partial charge in [0.2, 0.25) is 0 Å². The van der Waals surface area contributed by atoms with Gasteiger partial charge >= 0.3 is 0 Å². The molecule has 0 spiro atoms. The van der Waals surface area contributed by atoms with Crippen molar-refractivity contribution < 1.29 is 4.79 Å². The molecular weight excluding hydrogens is 310 g/mol. The number of ketones is 1. The van der Waals surface area contributed by atoms with Crippen LogP contribution in [0.1, 0.15) is 39.7 Å². The molecule has 1 fully saturated rings. The van der Waals surface area contributed by atoms with E-state index in [0.717, 1.165) is 39.3 Å². The average molecular weight is 346 g/mol. The second-order valence-electron chi connectivity index (χ2n) is 7.89. The lowest BCUT2D eigenvalue weighted by Crippen LogP contribution is -2.48. The van der Waals surface area contributed by atoms with Gasteiger partial charge in [0.15, 0.2) is 0 Å². The van der Waals surface area contributed by atoms with Gasteiger partial charge < -0.3 is 9.80 Å². The van der Waals surface area contributed by atoms with Crippen molar-refractivity contribution in [3.05, 3.63) is 29.8 Å². The van der Waals surface area contributed by atoms with E-state index in [-0.39, 0.29) is 5.92 Å². The highest BCUT2D eigenvalue weighted by Crippen LogP contribution is 2.19. The SMILES string of the molecule is CC(C)C(=O)CCN(C)Cc1ccc(N2CCN(C(C)C)CC2)cc1. The first kappa shape index (κ1) is 19.9. The minimum atomic E-state index is 0.142. The molecule has 0 radical (unpaired) electrons. The fraction of sp³-hybridized carbons (Fsp3) is 0.667. The van der Waals surface area contributed by atoms with Crippen LogP contribution in [0, 0.1) is 5.92 Å². The average Bonchev–Trinajstić information content (AvgIpc) is 2.60. The van der Waals surface area contributed by atoms with E-state index in [1.54, 1.807) is 0 Å². The molecule has 0 saturated carbocycles. The van der Waals surface area contributed by atoms with Gasteiger partial charge in [-0.1, -0.05) is 26.0 Å². The van der Waals surface area contributed by atoms with Crippen LogP contribution in [0.5, 0.6) is 0 Å². The van der Waals surface area contributed by atoms with Gasteiger partial charge in [-0.3, -0.25) is 9.69 Å². The molecule has 1 aliphatic rings. The topological polar surface area (TPSA) is 26.8 Å². The van der Waals surface area contributed by atoms with Gasteiger partial charge in [0.25, 0.3) is 0 Å². The second-order valence-corrected chi connectivity index (χ2v) is 7.89. The van der Waals surface area contributed by atoms with E-state index in [0.29, 0.717) is 18.2 Å². The molecule has 1 aromatic rings. The summed E-state index contributed by atoms with van der Waals surface area (Å²) in [5.41, 5.74) is 2.63. The van der Waals surface area contributed by atoms with Gasteiger partial charge in [0, 0.05) is 63.3 Å². The summed E-state index contributed by atoms with van der Waals surface area (Å²) in [5, 5.41) is 0. The number of hydrogen-bond donors (Lipinski definition) is 0. The van der Waals surface area contributed by atoms with E-state index >= 15 is 0 Å². The monoisotopic (exact) mass is 345 g/mol. The molecule has 25 heavy (non-hydrogen) atoms. The summed E-state index contributed by atoms with van der Waals surface area (Å²) in [4.78, 5) is 19.0. The summed E-state index contributed by atoms with van der Waals surface area (Å²) in [6.07, 6.45) is 0.645. The Morgan fingerprint density at radius 3 is 2.16 bits per heavy atom. The molecule has 1 aliphatic heterocycles. The first-order valence-electron chi connectivity index (χ1n) is 9.66. The third-order valence-corrected chi connectivity index (χ3v) is 5.18. The molecule has 0 amide bonds. The number of benzene rings is 1. The molecule has 1 heterocycles. The van der Waals surface area contributed by atoms with Crippen LogP contribution in [0.15, 0.2) is 24.3 Å². The summed E-state index contributed by atoms with van der Waals surface area (Å²) in [6.45, 7) is 14.7. The molecule has 0 aliphatic carbocycles. The molecule has 0 aromatic heterocycles. The van der Waals surface area contributed by atoms with Crippen LogP contribution in [0.2, 0.25) is 0 Å². The van der Waals surface area contributed by atoms with Gasteiger partial charge in [-0.2, -0.15) is 0 Å². The molecule has 0 unspecified atom stereocenters. The number of hydrogen-bond acceptors (Lipinski definition) is 4. The van der Waals surface area contributed by atoms with Gasteiger partial charge in [0.05, 0.1) is 0 Å². The summed E-state index contributed by atoms with van der Waals surface area (Å²) >= 11 is 0. The van der Waals surface area contributed by atoms with Gasteiger partial charge in [-0.05, 0) is 38.6 Å². The standard InChI is InChI=1S/C21H35N3O/c1-17(2)21(25)10-11-22(5)16-19-6-8-20(9-7-19)24-14-12-23(13-15-24)18(3)4/h6-9,17-18H,10-16H2,1-5H3. The molecule has 4 heteroatoms. The number of carbonyl (C=O) groups is 1. The van der Waals surface area contributed by atoms with E-state index in [1.807, 2.05) is 13.8 Å². The molecule has 0 bridgehead atoms. The molecular formula is C21H35N3O. The predicted octanol–water partition coefficient (Wildman–Crippen LogP) is 3.26. The quantitative estimate of drug-likeness (QED) is 0.722. The third-order valence-electron chi connectivity index (χ3n) is 5.18. The van der Waals surface area contributed by atoms with Crippen molar-refractivity contribution in [1.29, 1.82) is 0 Å². The van der Waals surface area contributed by atoms with Crippen molar-refractivity contribution in [2.24, 2.45) is 5.92 Å². The van der Waals surface area contributed by atoms with E-state index in [9.17, 15) is 4.79 Å². The zero-order chi connectivity index (χ0) is 18.4. The Balaban J connectivity index is 1.81. The van der Waals surface area contributed by atoms with Crippen molar-refractivity contribution in [1.82, 2.24) is 9.80 Å². The van der Waals surface area contributed by atoms with Crippen molar-refractivity contribution in [3.8, 4) is 0 Å². The zero-order valence-electron chi connectivity index (χ0n) is 16.7. The molecule has 140 valence electrons. The van der Waals surface area contributed by atoms with E-state index in [2.05, 4.69) is 59.9 Å². The number of rotatable bonds is 8. The fourth-order valence-electron chi connectivity index (χ4n) is 3.29. The Labute approximate surface area is 153 Å².